The quantitative estimate of drug-likeness (QED) is 0.556. The number of hydrogen-bond donors (Lipinski definition) is 4. The summed E-state index contributed by atoms with van der Waals surface area (Å²) >= 11 is 0. The van der Waals surface area contributed by atoms with E-state index in [1.807, 2.05) is 0 Å². The number of carboxylic acids is 1. The summed E-state index contributed by atoms with van der Waals surface area (Å²) in [6.45, 7) is 1.86. The van der Waals surface area contributed by atoms with Crippen molar-refractivity contribution in [1.29, 1.82) is 0 Å². The lowest BCUT2D eigenvalue weighted by molar-refractivity contribution is 0.0698. The number of nitrogens with one attached hydrogen (secondary N) is 2. The molecule has 0 saturated heterocycles. The molecule has 5 N–H and O–H groups in total. The number of carboxylic acid groups (broad SMARTS) is 1. The molecule has 0 heterocycles. The van der Waals surface area contributed by atoms with Gasteiger partial charge in [-0.1, -0.05) is 0 Å². The van der Waals surface area contributed by atoms with Crippen LogP contribution in [0.15, 0.2) is 12.1 Å². The highest BCUT2D eigenvalue weighted by Gasteiger charge is 2.12. The maximum absolute atomic E-state index is 11.2. The highest BCUT2D eigenvalue weighted by Crippen LogP contribution is 2.22. The van der Waals surface area contributed by atoms with Crippen LogP contribution in [0.3, 0.4) is 0 Å². The first-order chi connectivity index (χ1) is 8.76. The van der Waals surface area contributed by atoms with Crippen LogP contribution in [0.5, 0.6) is 0 Å². The first-order valence-electron chi connectivity index (χ1n) is 5.55. The molecule has 0 spiro atoms. The lowest BCUT2D eigenvalue weighted by Crippen LogP contribution is -2.26. The summed E-state index contributed by atoms with van der Waals surface area (Å²) in [7, 11) is -1.95. The Hall–Kier alpha value is -1.80. The number of benzene rings is 1. The third kappa shape index (κ3) is 4.11. The number of aromatic carboxylic acids is 1. The number of anilines is 2. The van der Waals surface area contributed by atoms with Gasteiger partial charge in [-0.05, 0) is 31.7 Å². The second-order valence-corrected chi connectivity index (χ2v) is 6.06. The average Bonchev–Trinajstić information content (AvgIpc) is 2.33. The summed E-state index contributed by atoms with van der Waals surface area (Å²) in [5, 5.41) is 11.9. The first kappa shape index (κ1) is 15.3. The zero-order valence-electron chi connectivity index (χ0n) is 10.7. The van der Waals surface area contributed by atoms with Crippen LogP contribution in [0.4, 0.5) is 11.4 Å². The fraction of sp³-hybridized carbons (Fsp3) is 0.364. The predicted molar refractivity (Wildman–Crippen MR) is 73.9 cm³/mol. The highest BCUT2D eigenvalue weighted by molar-refractivity contribution is 7.89. The van der Waals surface area contributed by atoms with Gasteiger partial charge in [0, 0.05) is 17.9 Å². The van der Waals surface area contributed by atoms with Gasteiger partial charge in [-0.3, -0.25) is 0 Å². The molecule has 0 saturated carbocycles. The lowest BCUT2D eigenvalue weighted by Gasteiger charge is -2.11. The van der Waals surface area contributed by atoms with Crippen molar-refractivity contribution in [3.05, 3.63) is 23.3 Å². The molecule has 1 rings (SSSR count). The topological polar surface area (TPSA) is 122 Å². The number of sulfonamides is 1. The number of rotatable bonds is 6. The molecule has 1 aromatic carbocycles. The van der Waals surface area contributed by atoms with E-state index < -0.39 is 16.0 Å². The molecule has 0 bridgehead atoms. The molecule has 0 aromatic heterocycles. The molecular formula is C11H17N3O4S. The Kier molecular flexibility index (Phi) is 4.73. The van der Waals surface area contributed by atoms with Crippen LogP contribution in [-0.2, 0) is 10.0 Å². The molecule has 0 atom stereocenters. The zero-order valence-corrected chi connectivity index (χ0v) is 11.5. The standard InChI is InChI=1S/C11H17N3O4S/c1-7-5-8(6-9(10(7)12)11(15)16)14-3-4-19(17,18)13-2/h5-6,13-14H,3-4,12H2,1-2H3,(H,15,16). The molecule has 0 fully saturated rings. The fourth-order valence-electron chi connectivity index (χ4n) is 1.51. The maximum atomic E-state index is 11.2. The van der Waals surface area contributed by atoms with Crippen LogP contribution in [0.25, 0.3) is 0 Å². The summed E-state index contributed by atoms with van der Waals surface area (Å²) in [5.41, 5.74) is 7.01. The Morgan fingerprint density at radius 1 is 1.42 bits per heavy atom. The molecule has 0 amide bonds. The van der Waals surface area contributed by atoms with Crippen LogP contribution in [-0.4, -0.2) is 38.8 Å². The third-order valence-corrected chi connectivity index (χ3v) is 3.99. The summed E-state index contributed by atoms with van der Waals surface area (Å²) in [6, 6.07) is 3.06. The van der Waals surface area contributed by atoms with Crippen molar-refractivity contribution >= 4 is 27.4 Å². The van der Waals surface area contributed by atoms with Crippen molar-refractivity contribution in [2.45, 2.75) is 6.92 Å². The number of nitrogen functional groups attached to an aromatic ring is 1. The van der Waals surface area contributed by atoms with Crippen molar-refractivity contribution in [2.24, 2.45) is 0 Å². The molecule has 19 heavy (non-hydrogen) atoms. The minimum absolute atomic E-state index is 0.000950. The molecule has 0 unspecified atom stereocenters. The Labute approximate surface area is 111 Å². The molecule has 0 aliphatic rings. The summed E-state index contributed by atoms with van der Waals surface area (Å²) in [6.07, 6.45) is 0. The number of aryl methyl sites for hydroxylation is 1. The van der Waals surface area contributed by atoms with Crippen molar-refractivity contribution in [3.8, 4) is 0 Å². The van der Waals surface area contributed by atoms with Crippen LogP contribution in [0, 0.1) is 6.92 Å². The molecular weight excluding hydrogens is 270 g/mol. The Bertz CT molecular complexity index is 584. The molecule has 1 aromatic rings. The van der Waals surface area contributed by atoms with E-state index >= 15 is 0 Å². The zero-order chi connectivity index (χ0) is 14.6. The average molecular weight is 287 g/mol. The van der Waals surface area contributed by atoms with E-state index in [0.717, 1.165) is 0 Å². The van der Waals surface area contributed by atoms with Gasteiger partial charge < -0.3 is 16.2 Å². The van der Waals surface area contributed by atoms with E-state index in [9.17, 15) is 13.2 Å². The fourth-order valence-corrected chi connectivity index (χ4v) is 2.08. The molecule has 7 nitrogen and oxygen atoms in total. The van der Waals surface area contributed by atoms with E-state index in [0.29, 0.717) is 11.3 Å². The third-order valence-electron chi connectivity index (χ3n) is 2.63. The van der Waals surface area contributed by atoms with Crippen LogP contribution in [0.2, 0.25) is 0 Å². The SMILES string of the molecule is CNS(=O)(=O)CCNc1cc(C)c(N)c(C(=O)O)c1. The summed E-state index contributed by atoms with van der Waals surface area (Å²) in [5.74, 6) is -1.22. The van der Waals surface area contributed by atoms with Gasteiger partial charge in [-0.25, -0.2) is 17.9 Å². The Morgan fingerprint density at radius 2 is 2.05 bits per heavy atom. The second-order valence-electron chi connectivity index (χ2n) is 4.01. The van der Waals surface area contributed by atoms with Gasteiger partial charge in [-0.2, -0.15) is 0 Å². The van der Waals surface area contributed by atoms with E-state index in [1.165, 1.54) is 13.1 Å². The summed E-state index contributed by atoms with van der Waals surface area (Å²) < 4.78 is 24.6. The Balaban J connectivity index is 2.83. The second kappa shape index (κ2) is 5.89. The van der Waals surface area contributed by atoms with Crippen molar-refractivity contribution in [2.75, 3.05) is 30.4 Å². The van der Waals surface area contributed by atoms with Crippen molar-refractivity contribution in [1.82, 2.24) is 4.72 Å². The highest BCUT2D eigenvalue weighted by atomic mass is 32.2. The largest absolute Gasteiger partial charge is 0.478 e. The lowest BCUT2D eigenvalue weighted by atomic mass is 10.1. The molecule has 0 aliphatic carbocycles. The van der Waals surface area contributed by atoms with E-state index in [1.54, 1.807) is 13.0 Å². The van der Waals surface area contributed by atoms with Gasteiger partial charge in [0.25, 0.3) is 0 Å². The van der Waals surface area contributed by atoms with Gasteiger partial charge in [0.1, 0.15) is 0 Å². The maximum Gasteiger partial charge on any atom is 0.337 e. The number of hydrogen-bond acceptors (Lipinski definition) is 5. The van der Waals surface area contributed by atoms with Gasteiger partial charge in [0.05, 0.1) is 11.3 Å². The summed E-state index contributed by atoms with van der Waals surface area (Å²) in [4.78, 5) is 11.0. The minimum Gasteiger partial charge on any atom is -0.478 e. The molecule has 106 valence electrons. The molecule has 0 radical (unpaired) electrons. The molecule has 0 aliphatic heterocycles. The first-order valence-corrected chi connectivity index (χ1v) is 7.20. The molecule has 8 heteroatoms. The van der Waals surface area contributed by atoms with Crippen LogP contribution < -0.4 is 15.8 Å². The van der Waals surface area contributed by atoms with Gasteiger partial charge in [0.2, 0.25) is 10.0 Å². The van der Waals surface area contributed by atoms with Gasteiger partial charge >= 0.3 is 5.97 Å². The normalized spacial score (nSPS) is 11.3. The minimum atomic E-state index is -3.29. The smallest absolute Gasteiger partial charge is 0.337 e. The Morgan fingerprint density at radius 3 is 2.58 bits per heavy atom. The van der Waals surface area contributed by atoms with Crippen molar-refractivity contribution < 1.29 is 18.3 Å². The van der Waals surface area contributed by atoms with E-state index in [-0.39, 0.29) is 23.5 Å². The number of nitrogens with two attached hydrogens (primary N) is 1. The van der Waals surface area contributed by atoms with Gasteiger partial charge in [-0.15, -0.1) is 0 Å². The van der Waals surface area contributed by atoms with Crippen LogP contribution in [0.1, 0.15) is 15.9 Å². The van der Waals surface area contributed by atoms with E-state index in [4.69, 9.17) is 10.8 Å². The van der Waals surface area contributed by atoms with Crippen LogP contribution >= 0.6 is 0 Å². The van der Waals surface area contributed by atoms with Crippen molar-refractivity contribution in [3.63, 3.8) is 0 Å². The van der Waals surface area contributed by atoms with E-state index in [2.05, 4.69) is 10.0 Å². The monoisotopic (exact) mass is 287 g/mol. The predicted octanol–water partition coefficient (Wildman–Crippen LogP) is 0.237. The number of carbonyl (C=O) groups is 1. The van der Waals surface area contributed by atoms with Gasteiger partial charge in [0.15, 0.2) is 0 Å².